The van der Waals surface area contributed by atoms with Crippen molar-refractivity contribution in [3.05, 3.63) is 42.0 Å². The van der Waals surface area contributed by atoms with Crippen molar-refractivity contribution in [1.82, 2.24) is 20.3 Å². The largest absolute Gasteiger partial charge is 0.377 e. The lowest BCUT2D eigenvalue weighted by atomic mass is 10.00. The van der Waals surface area contributed by atoms with Gasteiger partial charge in [0.15, 0.2) is 5.65 Å². The molecule has 3 fully saturated rings. The van der Waals surface area contributed by atoms with Gasteiger partial charge in [-0.25, -0.2) is 4.98 Å². The van der Waals surface area contributed by atoms with Crippen molar-refractivity contribution < 1.29 is 19.0 Å². The van der Waals surface area contributed by atoms with E-state index in [0.29, 0.717) is 63.3 Å². The van der Waals surface area contributed by atoms with E-state index in [1.807, 2.05) is 30.3 Å². The lowest BCUT2D eigenvalue weighted by Crippen LogP contribution is -2.63. The maximum absolute atomic E-state index is 12.2. The summed E-state index contributed by atoms with van der Waals surface area (Å²) < 4.78 is 17.2. The molecule has 3 saturated heterocycles. The van der Waals surface area contributed by atoms with Gasteiger partial charge in [0, 0.05) is 31.3 Å². The van der Waals surface area contributed by atoms with E-state index in [9.17, 15) is 4.79 Å². The Labute approximate surface area is 209 Å². The van der Waals surface area contributed by atoms with Crippen molar-refractivity contribution in [2.45, 2.75) is 18.6 Å². The van der Waals surface area contributed by atoms with Gasteiger partial charge in [0.25, 0.3) is 5.91 Å². The summed E-state index contributed by atoms with van der Waals surface area (Å²) in [6, 6.07) is 11.7. The number of nitrogens with one attached hydrogen (secondary N) is 1. The van der Waals surface area contributed by atoms with Crippen molar-refractivity contribution in [2.75, 3.05) is 69.5 Å². The number of hydrogen-bond donors (Lipinski definition) is 1. The quantitative estimate of drug-likeness (QED) is 0.587. The number of pyridine rings is 1. The van der Waals surface area contributed by atoms with Gasteiger partial charge in [-0.3, -0.25) is 4.79 Å². The molecule has 3 aromatic rings. The maximum Gasteiger partial charge on any atom is 0.251 e. The van der Waals surface area contributed by atoms with Gasteiger partial charge in [-0.05, 0) is 31.2 Å². The molecule has 0 aliphatic carbocycles. The van der Waals surface area contributed by atoms with E-state index < -0.39 is 0 Å². The fourth-order valence-corrected chi connectivity index (χ4v) is 5.03. The second kappa shape index (κ2) is 9.27. The van der Waals surface area contributed by atoms with Gasteiger partial charge in [-0.2, -0.15) is 9.97 Å². The molecule has 0 unspecified atom stereocenters. The van der Waals surface area contributed by atoms with Crippen LogP contribution in [-0.2, 0) is 14.2 Å². The molecule has 2 aromatic heterocycles. The van der Waals surface area contributed by atoms with E-state index in [-0.39, 0.29) is 17.6 Å². The summed E-state index contributed by atoms with van der Waals surface area (Å²) in [5.41, 5.74) is 2.55. The van der Waals surface area contributed by atoms with Crippen LogP contribution >= 0.6 is 0 Å². The average Bonchev–Trinajstić information content (AvgIpc) is 2.91. The number of rotatable bonds is 4. The number of morpholine rings is 2. The van der Waals surface area contributed by atoms with Crippen LogP contribution in [0.1, 0.15) is 17.3 Å². The smallest absolute Gasteiger partial charge is 0.251 e. The van der Waals surface area contributed by atoms with E-state index in [1.54, 1.807) is 13.1 Å². The Hall–Kier alpha value is -3.34. The average molecular weight is 491 g/mol. The minimum absolute atomic E-state index is 0.132. The molecule has 0 radical (unpaired) electrons. The van der Waals surface area contributed by atoms with Crippen molar-refractivity contribution in [3.8, 4) is 11.3 Å². The fourth-order valence-electron chi connectivity index (χ4n) is 5.03. The third-order valence-corrected chi connectivity index (χ3v) is 7.08. The number of nitrogens with zero attached hydrogens (tertiary/aromatic N) is 5. The molecule has 10 nitrogen and oxygen atoms in total. The summed E-state index contributed by atoms with van der Waals surface area (Å²) in [7, 11) is 1.63. The summed E-state index contributed by atoms with van der Waals surface area (Å²) >= 11 is 0. The number of anilines is 2. The second-order valence-electron chi connectivity index (χ2n) is 9.64. The Balaban J connectivity index is 1.44. The third kappa shape index (κ3) is 4.15. The number of amides is 1. The van der Waals surface area contributed by atoms with Crippen molar-refractivity contribution in [2.24, 2.45) is 0 Å². The minimum atomic E-state index is -0.279. The molecule has 1 amide bonds. The van der Waals surface area contributed by atoms with E-state index in [4.69, 9.17) is 29.2 Å². The first-order valence-electron chi connectivity index (χ1n) is 12.4. The molecule has 1 spiro atoms. The zero-order valence-corrected chi connectivity index (χ0v) is 20.6. The van der Waals surface area contributed by atoms with Crippen molar-refractivity contribution >= 4 is 28.7 Å². The predicted octanol–water partition coefficient (Wildman–Crippen LogP) is 1.88. The van der Waals surface area contributed by atoms with E-state index in [0.717, 1.165) is 29.0 Å². The maximum atomic E-state index is 12.2. The topological polar surface area (TPSA) is 102 Å². The second-order valence-corrected chi connectivity index (χ2v) is 9.64. The van der Waals surface area contributed by atoms with Gasteiger partial charge < -0.3 is 29.3 Å². The first kappa shape index (κ1) is 23.1. The SMILES string of the molecule is CNC(=O)c1cccc(-c2ccc3c(N4CCOC[C@@H]4C)nc(N4CCOC5(COC5)C4)nc3n2)c1. The molecule has 1 aromatic carbocycles. The van der Waals surface area contributed by atoms with Crippen LogP contribution in [-0.4, -0.2) is 92.2 Å². The van der Waals surface area contributed by atoms with Crippen LogP contribution in [0.15, 0.2) is 36.4 Å². The Morgan fingerprint density at radius 2 is 1.97 bits per heavy atom. The van der Waals surface area contributed by atoms with Crippen LogP contribution in [0, 0.1) is 0 Å². The normalized spacial score (nSPS) is 21.4. The van der Waals surface area contributed by atoms with Gasteiger partial charge in [0.2, 0.25) is 5.95 Å². The van der Waals surface area contributed by atoms with E-state index in [2.05, 4.69) is 22.0 Å². The van der Waals surface area contributed by atoms with Gasteiger partial charge in [0.05, 0.1) is 56.7 Å². The number of fused-ring (bicyclic) bond motifs is 1. The molecular weight excluding hydrogens is 460 g/mol. The fraction of sp³-hybridized carbons (Fsp3) is 0.462. The van der Waals surface area contributed by atoms with Crippen LogP contribution in [0.25, 0.3) is 22.3 Å². The number of carbonyl (C=O) groups is 1. The number of carbonyl (C=O) groups excluding carboxylic acids is 1. The van der Waals surface area contributed by atoms with Crippen molar-refractivity contribution in [1.29, 1.82) is 0 Å². The van der Waals surface area contributed by atoms with Crippen molar-refractivity contribution in [3.63, 3.8) is 0 Å². The molecule has 1 N–H and O–H groups in total. The highest BCUT2D eigenvalue weighted by atomic mass is 16.6. The van der Waals surface area contributed by atoms with Crippen LogP contribution in [0.4, 0.5) is 11.8 Å². The summed E-state index contributed by atoms with van der Waals surface area (Å²) in [6.07, 6.45) is 0. The van der Waals surface area contributed by atoms with E-state index in [1.165, 1.54) is 0 Å². The Bertz CT molecular complexity index is 1300. The molecule has 1 atom stereocenters. The summed E-state index contributed by atoms with van der Waals surface area (Å²) in [5, 5.41) is 3.57. The Kier molecular flexibility index (Phi) is 5.94. The number of hydrogen-bond acceptors (Lipinski definition) is 9. The minimum Gasteiger partial charge on any atom is -0.377 e. The standard InChI is InChI=1S/C26H30N6O4/c1-17-13-34-10-9-32(17)23-20-6-7-21(18-4-3-5-19(12-18)24(33)27-2)28-22(20)29-25(30-23)31-8-11-36-26(14-31)15-35-16-26/h3-7,12,17H,8-11,13-16H2,1-2H3,(H,27,33)/t17-/m0/s1. The highest BCUT2D eigenvalue weighted by Gasteiger charge is 2.44. The lowest BCUT2D eigenvalue weighted by Gasteiger charge is -2.47. The van der Waals surface area contributed by atoms with Crippen LogP contribution in [0.5, 0.6) is 0 Å². The van der Waals surface area contributed by atoms with Gasteiger partial charge in [-0.1, -0.05) is 12.1 Å². The molecule has 36 heavy (non-hydrogen) atoms. The van der Waals surface area contributed by atoms with Gasteiger partial charge >= 0.3 is 0 Å². The number of ether oxygens (including phenoxy) is 3. The summed E-state index contributed by atoms with van der Waals surface area (Å²) in [5.74, 6) is 1.39. The number of aromatic nitrogens is 3. The summed E-state index contributed by atoms with van der Waals surface area (Å²) in [6.45, 7) is 7.38. The van der Waals surface area contributed by atoms with Gasteiger partial charge in [-0.15, -0.1) is 0 Å². The first-order valence-corrected chi connectivity index (χ1v) is 12.4. The molecule has 188 valence electrons. The van der Waals surface area contributed by atoms with Crippen LogP contribution in [0.2, 0.25) is 0 Å². The Morgan fingerprint density at radius 3 is 2.75 bits per heavy atom. The molecule has 3 aliphatic heterocycles. The highest BCUT2D eigenvalue weighted by Crippen LogP contribution is 2.33. The molecule has 3 aliphatic rings. The molecule has 0 bridgehead atoms. The highest BCUT2D eigenvalue weighted by molar-refractivity contribution is 5.95. The van der Waals surface area contributed by atoms with Gasteiger partial charge in [0.1, 0.15) is 11.4 Å². The van der Waals surface area contributed by atoms with E-state index >= 15 is 0 Å². The molecule has 0 saturated carbocycles. The van der Waals surface area contributed by atoms with Crippen LogP contribution in [0.3, 0.4) is 0 Å². The Morgan fingerprint density at radius 1 is 1.08 bits per heavy atom. The third-order valence-electron chi connectivity index (χ3n) is 7.08. The molecule has 10 heteroatoms. The first-order chi connectivity index (χ1) is 17.5. The molecular formula is C26H30N6O4. The summed E-state index contributed by atoms with van der Waals surface area (Å²) in [4.78, 5) is 31.6. The lowest BCUT2D eigenvalue weighted by molar-refractivity contribution is -0.212. The predicted molar refractivity (Wildman–Crippen MR) is 136 cm³/mol. The zero-order valence-electron chi connectivity index (χ0n) is 20.6. The molecule has 5 heterocycles. The molecule has 6 rings (SSSR count). The zero-order chi connectivity index (χ0) is 24.7. The number of benzene rings is 1. The van der Waals surface area contributed by atoms with Crippen LogP contribution < -0.4 is 15.1 Å². The monoisotopic (exact) mass is 490 g/mol.